The molecule has 1 fully saturated rings. The third-order valence-electron chi connectivity index (χ3n) is 6.01. The lowest BCUT2D eigenvalue weighted by atomic mass is 10.1. The number of nitrogens with one attached hydrogen (secondary N) is 2. The van der Waals surface area contributed by atoms with Gasteiger partial charge in [0.15, 0.2) is 11.5 Å². The van der Waals surface area contributed by atoms with Gasteiger partial charge < -0.3 is 20.1 Å². The number of ketones is 1. The molecule has 0 unspecified atom stereocenters. The molecule has 5 heterocycles. The Morgan fingerprint density at radius 3 is 2.83 bits per heavy atom. The Bertz CT molecular complexity index is 1200. The third-order valence-corrected chi connectivity index (χ3v) is 6.90. The van der Waals surface area contributed by atoms with Gasteiger partial charge in [0.05, 0.1) is 32.1 Å². The van der Waals surface area contributed by atoms with Crippen LogP contribution in [0.2, 0.25) is 0 Å². The Labute approximate surface area is 212 Å². The Balaban J connectivity index is 1.37. The van der Waals surface area contributed by atoms with Crippen molar-refractivity contribution in [2.75, 3.05) is 63.2 Å². The highest BCUT2D eigenvalue weighted by atomic mass is 32.1. The summed E-state index contributed by atoms with van der Waals surface area (Å²) in [5, 5.41) is 13.1. The number of anilines is 2. The number of rotatable bonds is 3. The van der Waals surface area contributed by atoms with E-state index in [1.807, 2.05) is 12.1 Å². The fourth-order valence-electron chi connectivity index (χ4n) is 4.07. The average Bonchev–Trinajstić information content (AvgIpc) is 3.55. The lowest BCUT2D eigenvalue weighted by molar-refractivity contribution is 0.0359. The molecule has 3 aromatic rings. The molecule has 36 heavy (non-hydrogen) atoms. The first-order chi connectivity index (χ1) is 17.7. The van der Waals surface area contributed by atoms with Crippen molar-refractivity contribution in [3.63, 3.8) is 0 Å². The van der Waals surface area contributed by atoms with E-state index in [0.29, 0.717) is 49.2 Å². The fraction of sp³-hybridized carbons (Fsp3) is 0.458. The molecule has 0 saturated carbocycles. The molecule has 12 heteroatoms. The van der Waals surface area contributed by atoms with E-state index in [2.05, 4.69) is 30.6 Å². The standard InChI is InChI=1S/C24H29N7O4S/c32-20-2-1-10-34-11-5-26-21-14-17(3-4-25-21)24-28-19(16-36-24)23(33)27-18-15-31(29-22(18)20)7-6-30-8-12-35-13-9-30/h3-4,14-16H,1-2,5-13H2,(H,25,26)(H,27,33). The van der Waals surface area contributed by atoms with Crippen LogP contribution in [0.3, 0.4) is 0 Å². The number of pyridine rings is 1. The van der Waals surface area contributed by atoms with Gasteiger partial charge in [-0.25, -0.2) is 9.97 Å². The van der Waals surface area contributed by atoms with Crippen molar-refractivity contribution >= 4 is 34.5 Å². The van der Waals surface area contributed by atoms with Crippen LogP contribution in [0.25, 0.3) is 10.6 Å². The molecule has 0 aromatic carbocycles. The number of carbonyl (C=O) groups is 2. The molecular formula is C24H29N7O4S. The summed E-state index contributed by atoms with van der Waals surface area (Å²) >= 11 is 1.38. The normalized spacial score (nSPS) is 18.0. The van der Waals surface area contributed by atoms with E-state index in [9.17, 15) is 9.59 Å². The Hall–Kier alpha value is -3.19. The molecule has 190 valence electrons. The van der Waals surface area contributed by atoms with Gasteiger partial charge in [-0.3, -0.25) is 19.2 Å². The zero-order valence-electron chi connectivity index (χ0n) is 19.9. The zero-order chi connectivity index (χ0) is 24.7. The summed E-state index contributed by atoms with van der Waals surface area (Å²) in [5.74, 6) is 0.204. The summed E-state index contributed by atoms with van der Waals surface area (Å²) in [6.07, 6.45) is 4.28. The van der Waals surface area contributed by atoms with Crippen LogP contribution in [0.1, 0.15) is 33.8 Å². The van der Waals surface area contributed by atoms with E-state index in [1.165, 1.54) is 11.3 Å². The highest BCUT2D eigenvalue weighted by Gasteiger charge is 2.21. The van der Waals surface area contributed by atoms with E-state index in [1.54, 1.807) is 22.5 Å². The van der Waals surface area contributed by atoms with Crippen LogP contribution in [-0.2, 0) is 16.0 Å². The van der Waals surface area contributed by atoms with E-state index >= 15 is 0 Å². The van der Waals surface area contributed by atoms with Crippen LogP contribution < -0.4 is 10.6 Å². The number of morpholine rings is 1. The molecule has 3 aromatic heterocycles. The quantitative estimate of drug-likeness (QED) is 0.545. The molecular weight excluding hydrogens is 482 g/mol. The molecule has 1 amide bonds. The first-order valence-corrected chi connectivity index (χ1v) is 13.0. The largest absolute Gasteiger partial charge is 0.380 e. The number of fused-ring (bicyclic) bond motifs is 6. The van der Waals surface area contributed by atoms with Crippen molar-refractivity contribution < 1.29 is 19.1 Å². The van der Waals surface area contributed by atoms with Gasteiger partial charge in [0.1, 0.15) is 16.5 Å². The van der Waals surface area contributed by atoms with E-state index < -0.39 is 0 Å². The number of hydrogen-bond donors (Lipinski definition) is 2. The molecule has 0 spiro atoms. The maximum Gasteiger partial charge on any atom is 0.275 e. The molecule has 2 aliphatic rings. The van der Waals surface area contributed by atoms with Crippen LogP contribution in [0.15, 0.2) is 29.9 Å². The lowest BCUT2D eigenvalue weighted by Crippen LogP contribution is -2.38. The summed E-state index contributed by atoms with van der Waals surface area (Å²) in [7, 11) is 0. The molecule has 1 saturated heterocycles. The van der Waals surface area contributed by atoms with Crippen molar-refractivity contribution in [3.05, 3.63) is 41.3 Å². The number of ether oxygens (including phenoxy) is 2. The molecule has 2 N–H and O–H groups in total. The molecule has 2 aliphatic heterocycles. The third kappa shape index (κ3) is 6.13. The monoisotopic (exact) mass is 511 g/mol. The minimum atomic E-state index is -0.379. The van der Waals surface area contributed by atoms with Gasteiger partial charge in [-0.1, -0.05) is 0 Å². The van der Waals surface area contributed by atoms with Gasteiger partial charge in [-0.2, -0.15) is 5.10 Å². The molecule has 0 aliphatic carbocycles. The van der Waals surface area contributed by atoms with E-state index in [0.717, 1.165) is 38.4 Å². The van der Waals surface area contributed by atoms with Gasteiger partial charge in [0, 0.05) is 62.5 Å². The van der Waals surface area contributed by atoms with Crippen molar-refractivity contribution in [3.8, 4) is 10.6 Å². The first kappa shape index (κ1) is 24.5. The second-order valence-electron chi connectivity index (χ2n) is 8.60. The zero-order valence-corrected chi connectivity index (χ0v) is 20.8. The number of thiazole rings is 1. The average molecular weight is 512 g/mol. The van der Waals surface area contributed by atoms with Crippen molar-refractivity contribution in [1.82, 2.24) is 24.6 Å². The molecule has 11 nitrogen and oxygen atoms in total. The number of carbonyl (C=O) groups excluding carboxylic acids is 2. The predicted octanol–water partition coefficient (Wildman–Crippen LogP) is 2.39. The number of Topliss-reactive ketones (excluding diaryl/α,β-unsaturated/α-hetero) is 1. The van der Waals surface area contributed by atoms with Crippen LogP contribution in [0, 0.1) is 0 Å². The highest BCUT2D eigenvalue weighted by Crippen LogP contribution is 2.26. The van der Waals surface area contributed by atoms with Crippen molar-refractivity contribution in [2.45, 2.75) is 19.4 Å². The lowest BCUT2D eigenvalue weighted by Gasteiger charge is -2.26. The maximum absolute atomic E-state index is 13.1. The fourth-order valence-corrected chi connectivity index (χ4v) is 4.86. The molecule has 4 bridgehead atoms. The minimum Gasteiger partial charge on any atom is -0.380 e. The maximum atomic E-state index is 13.1. The highest BCUT2D eigenvalue weighted by molar-refractivity contribution is 7.13. The summed E-state index contributed by atoms with van der Waals surface area (Å²) < 4.78 is 12.8. The smallest absolute Gasteiger partial charge is 0.275 e. The summed E-state index contributed by atoms with van der Waals surface area (Å²) in [4.78, 5) is 37.2. The number of nitrogens with zero attached hydrogens (tertiary/aromatic N) is 5. The summed E-state index contributed by atoms with van der Waals surface area (Å²) in [5.41, 5.74) is 1.82. The van der Waals surface area contributed by atoms with Gasteiger partial charge >= 0.3 is 0 Å². The number of amides is 1. The van der Waals surface area contributed by atoms with Crippen molar-refractivity contribution in [1.29, 1.82) is 0 Å². The first-order valence-electron chi connectivity index (χ1n) is 12.1. The second kappa shape index (κ2) is 11.7. The predicted molar refractivity (Wildman–Crippen MR) is 136 cm³/mol. The molecule has 5 rings (SSSR count). The molecule has 0 radical (unpaired) electrons. The number of aromatic nitrogens is 4. The van der Waals surface area contributed by atoms with Crippen LogP contribution in [0.5, 0.6) is 0 Å². The van der Waals surface area contributed by atoms with Gasteiger partial charge in [0.2, 0.25) is 0 Å². The van der Waals surface area contributed by atoms with Crippen LogP contribution in [-0.4, -0.2) is 88.9 Å². The minimum absolute atomic E-state index is 0.128. The topological polar surface area (TPSA) is 124 Å². The number of hydrogen-bond acceptors (Lipinski definition) is 10. The Kier molecular flexibility index (Phi) is 7.96. The van der Waals surface area contributed by atoms with Crippen LogP contribution in [0.4, 0.5) is 11.5 Å². The van der Waals surface area contributed by atoms with Gasteiger partial charge in [0.25, 0.3) is 5.91 Å². The van der Waals surface area contributed by atoms with E-state index in [4.69, 9.17) is 9.47 Å². The summed E-state index contributed by atoms with van der Waals surface area (Å²) in [6.45, 7) is 6.13. The summed E-state index contributed by atoms with van der Waals surface area (Å²) in [6, 6.07) is 3.76. The molecule has 0 atom stereocenters. The van der Waals surface area contributed by atoms with Gasteiger partial charge in [-0.15, -0.1) is 11.3 Å². The second-order valence-corrected chi connectivity index (χ2v) is 9.45. The van der Waals surface area contributed by atoms with Crippen molar-refractivity contribution in [2.24, 2.45) is 0 Å². The Morgan fingerprint density at radius 1 is 1.08 bits per heavy atom. The van der Waals surface area contributed by atoms with Crippen LogP contribution >= 0.6 is 11.3 Å². The Morgan fingerprint density at radius 2 is 1.94 bits per heavy atom. The SMILES string of the molecule is O=C1Nc2cn(CCN3CCOCC3)nc2C(=O)CCCOCCNc2cc(ccn2)-c2nc1cs2. The van der Waals surface area contributed by atoms with Gasteiger partial charge in [-0.05, 0) is 18.6 Å². The van der Waals surface area contributed by atoms with E-state index in [-0.39, 0.29) is 29.5 Å².